The van der Waals surface area contributed by atoms with Crippen LogP contribution in [0, 0.1) is 13.8 Å². The van der Waals surface area contributed by atoms with E-state index in [9.17, 15) is 14.4 Å². The number of carbonyl (C=O) groups excluding carboxylic acids is 3. The quantitative estimate of drug-likeness (QED) is 0.141. The van der Waals surface area contributed by atoms with Crippen LogP contribution in [0.15, 0.2) is 65.8 Å². The molecule has 0 unspecified atom stereocenters. The van der Waals surface area contributed by atoms with Crippen LogP contribution in [0.2, 0.25) is 0 Å². The van der Waals surface area contributed by atoms with Crippen molar-refractivity contribution >= 4 is 24.2 Å². The third-order valence-corrected chi connectivity index (χ3v) is 6.11. The van der Waals surface area contributed by atoms with Crippen LogP contribution in [0.4, 0.5) is 4.79 Å². The minimum absolute atomic E-state index is 0.00752. The van der Waals surface area contributed by atoms with Gasteiger partial charge in [0.1, 0.15) is 0 Å². The molecule has 0 aliphatic rings. The number of esters is 1. The van der Waals surface area contributed by atoms with Crippen molar-refractivity contribution in [3.63, 3.8) is 0 Å². The van der Waals surface area contributed by atoms with Crippen LogP contribution in [0.25, 0.3) is 5.69 Å². The Morgan fingerprint density at radius 2 is 1.72 bits per heavy atom. The van der Waals surface area contributed by atoms with E-state index in [0.29, 0.717) is 12.2 Å². The van der Waals surface area contributed by atoms with Crippen LogP contribution in [-0.4, -0.2) is 42.0 Å². The standard InChI is InChI=1S/C30H36N4O5/c1-5-7-17-39-29(36)24-13-15-26(16-14-24)34-21(3)18-25(22(34)4)20-31-33-28(35)19-27(32-30(37)38-6-2)23-11-9-8-10-12-23/h8-16,18,20,27H,5-7,17,19H2,1-4H3,(H,32,37)(H,33,35)/b31-20-/t27-/m0/s1. The average Bonchev–Trinajstić information content (AvgIpc) is 3.21. The van der Waals surface area contributed by atoms with Crippen LogP contribution in [0.5, 0.6) is 0 Å². The molecule has 0 aliphatic heterocycles. The smallest absolute Gasteiger partial charge is 0.407 e. The Hall–Kier alpha value is -4.40. The Balaban J connectivity index is 1.65. The Kier molecular flexibility index (Phi) is 10.9. The number of ether oxygens (including phenoxy) is 2. The highest BCUT2D eigenvalue weighted by Crippen LogP contribution is 2.21. The molecule has 0 aliphatic carbocycles. The number of carbonyl (C=O) groups is 3. The van der Waals surface area contributed by atoms with E-state index in [0.717, 1.165) is 41.0 Å². The molecular weight excluding hydrogens is 496 g/mol. The van der Waals surface area contributed by atoms with Crippen molar-refractivity contribution in [2.75, 3.05) is 13.2 Å². The first kappa shape index (κ1) is 29.2. The van der Waals surface area contributed by atoms with Crippen molar-refractivity contribution in [3.8, 4) is 5.69 Å². The Bertz CT molecular complexity index is 1280. The van der Waals surface area contributed by atoms with Gasteiger partial charge >= 0.3 is 12.1 Å². The van der Waals surface area contributed by atoms with Gasteiger partial charge in [-0.15, -0.1) is 0 Å². The van der Waals surface area contributed by atoms with Gasteiger partial charge in [0.25, 0.3) is 0 Å². The summed E-state index contributed by atoms with van der Waals surface area (Å²) in [5, 5.41) is 6.87. The third-order valence-electron chi connectivity index (χ3n) is 6.11. The van der Waals surface area contributed by atoms with Gasteiger partial charge < -0.3 is 19.4 Å². The monoisotopic (exact) mass is 532 g/mol. The second-order valence-corrected chi connectivity index (χ2v) is 9.02. The first-order chi connectivity index (χ1) is 18.8. The lowest BCUT2D eigenvalue weighted by Crippen LogP contribution is -2.33. The number of benzene rings is 2. The molecule has 2 aromatic carbocycles. The van der Waals surface area contributed by atoms with E-state index in [4.69, 9.17) is 9.47 Å². The van der Waals surface area contributed by atoms with E-state index in [2.05, 4.69) is 15.8 Å². The molecule has 9 nitrogen and oxygen atoms in total. The van der Waals surface area contributed by atoms with Crippen LogP contribution in [0.3, 0.4) is 0 Å². The normalized spacial score (nSPS) is 11.7. The van der Waals surface area contributed by atoms with Crippen molar-refractivity contribution < 1.29 is 23.9 Å². The third kappa shape index (κ3) is 8.29. The number of aromatic nitrogens is 1. The molecule has 0 bridgehead atoms. The van der Waals surface area contributed by atoms with Crippen LogP contribution >= 0.6 is 0 Å². The Morgan fingerprint density at radius 1 is 1.00 bits per heavy atom. The SMILES string of the molecule is CCCCOC(=O)c1ccc(-n2c(C)cc(/C=N\NC(=O)C[C@H](NC(=O)OCC)c3ccccc3)c2C)cc1. The second kappa shape index (κ2) is 14.5. The molecule has 0 spiro atoms. The maximum atomic E-state index is 12.6. The molecule has 0 saturated carbocycles. The summed E-state index contributed by atoms with van der Waals surface area (Å²) in [5.74, 6) is -0.682. The first-order valence-corrected chi connectivity index (χ1v) is 13.1. The molecule has 2 amide bonds. The molecule has 0 saturated heterocycles. The maximum Gasteiger partial charge on any atom is 0.407 e. The number of hydrogen-bond donors (Lipinski definition) is 2. The molecule has 0 fully saturated rings. The van der Waals surface area contributed by atoms with Gasteiger partial charge in [-0.1, -0.05) is 43.7 Å². The van der Waals surface area contributed by atoms with Crippen molar-refractivity contribution in [1.82, 2.24) is 15.3 Å². The number of rotatable bonds is 12. The summed E-state index contributed by atoms with van der Waals surface area (Å²) < 4.78 is 12.3. The van der Waals surface area contributed by atoms with Crippen molar-refractivity contribution in [1.29, 1.82) is 0 Å². The van der Waals surface area contributed by atoms with Crippen molar-refractivity contribution in [3.05, 3.63) is 88.7 Å². The van der Waals surface area contributed by atoms with Gasteiger partial charge in [-0.05, 0) is 63.1 Å². The Morgan fingerprint density at radius 3 is 2.38 bits per heavy atom. The summed E-state index contributed by atoms with van der Waals surface area (Å²) >= 11 is 0. The molecule has 1 atom stereocenters. The van der Waals surface area contributed by atoms with E-state index in [1.807, 2.05) is 73.9 Å². The van der Waals surface area contributed by atoms with E-state index < -0.39 is 12.1 Å². The number of hydrogen-bond acceptors (Lipinski definition) is 6. The molecule has 0 radical (unpaired) electrons. The second-order valence-electron chi connectivity index (χ2n) is 9.02. The van der Waals surface area contributed by atoms with Crippen molar-refractivity contribution in [2.24, 2.45) is 5.10 Å². The average molecular weight is 533 g/mol. The van der Waals surface area contributed by atoms with Gasteiger partial charge in [0.15, 0.2) is 0 Å². The molecule has 3 rings (SSSR count). The summed E-state index contributed by atoms with van der Waals surface area (Å²) in [6.45, 7) is 8.35. The summed E-state index contributed by atoms with van der Waals surface area (Å²) in [7, 11) is 0. The van der Waals surface area contributed by atoms with Crippen LogP contribution in [-0.2, 0) is 14.3 Å². The van der Waals surface area contributed by atoms with E-state index in [1.165, 1.54) is 0 Å². The summed E-state index contributed by atoms with van der Waals surface area (Å²) in [6, 6.07) is 17.9. The van der Waals surface area contributed by atoms with Gasteiger partial charge in [-0.2, -0.15) is 5.10 Å². The lowest BCUT2D eigenvalue weighted by molar-refractivity contribution is -0.121. The predicted octanol–water partition coefficient (Wildman–Crippen LogP) is 5.38. The molecule has 39 heavy (non-hydrogen) atoms. The van der Waals surface area contributed by atoms with Crippen LogP contribution < -0.4 is 10.7 Å². The predicted molar refractivity (Wildman–Crippen MR) is 150 cm³/mol. The molecule has 2 N–H and O–H groups in total. The lowest BCUT2D eigenvalue weighted by atomic mass is 10.0. The number of nitrogens with one attached hydrogen (secondary N) is 2. The summed E-state index contributed by atoms with van der Waals surface area (Å²) in [5.41, 5.74) is 7.47. The summed E-state index contributed by atoms with van der Waals surface area (Å²) in [6.07, 6.45) is 2.80. The minimum atomic E-state index is -0.587. The highest BCUT2D eigenvalue weighted by atomic mass is 16.5. The lowest BCUT2D eigenvalue weighted by Gasteiger charge is -2.18. The molecule has 1 heterocycles. The number of hydrazone groups is 1. The largest absolute Gasteiger partial charge is 0.462 e. The number of aryl methyl sites for hydroxylation is 1. The van der Waals surface area contributed by atoms with Gasteiger partial charge in [0, 0.05) is 22.6 Å². The Labute approximate surface area is 229 Å². The molecule has 9 heteroatoms. The number of nitrogens with zero attached hydrogens (tertiary/aromatic N) is 2. The number of alkyl carbamates (subject to hydrolysis) is 1. The zero-order chi connectivity index (χ0) is 28.2. The van der Waals surface area contributed by atoms with Gasteiger partial charge in [-0.3, -0.25) is 4.79 Å². The topological polar surface area (TPSA) is 111 Å². The summed E-state index contributed by atoms with van der Waals surface area (Å²) in [4.78, 5) is 36.8. The van der Waals surface area contributed by atoms with Gasteiger partial charge in [0.2, 0.25) is 5.91 Å². The highest BCUT2D eigenvalue weighted by molar-refractivity contribution is 5.89. The fourth-order valence-electron chi connectivity index (χ4n) is 4.11. The molecule has 206 valence electrons. The fraction of sp³-hybridized carbons (Fsp3) is 0.333. The van der Waals surface area contributed by atoms with E-state index in [1.54, 1.807) is 25.3 Å². The van der Waals surface area contributed by atoms with Gasteiger partial charge in [0.05, 0.1) is 37.5 Å². The number of amides is 2. The van der Waals surface area contributed by atoms with Crippen molar-refractivity contribution in [2.45, 2.75) is 53.0 Å². The maximum absolute atomic E-state index is 12.6. The molecular formula is C30H36N4O5. The fourth-order valence-corrected chi connectivity index (χ4v) is 4.11. The van der Waals surface area contributed by atoms with E-state index in [-0.39, 0.29) is 24.9 Å². The van der Waals surface area contributed by atoms with Crippen LogP contribution in [0.1, 0.15) is 72.0 Å². The zero-order valence-corrected chi connectivity index (χ0v) is 22.9. The first-order valence-electron chi connectivity index (χ1n) is 13.1. The van der Waals surface area contributed by atoms with Gasteiger partial charge in [-0.25, -0.2) is 15.0 Å². The molecule has 1 aromatic heterocycles. The van der Waals surface area contributed by atoms with E-state index >= 15 is 0 Å². The number of unbranched alkanes of at least 4 members (excludes halogenated alkanes) is 1. The highest BCUT2D eigenvalue weighted by Gasteiger charge is 2.19. The zero-order valence-electron chi connectivity index (χ0n) is 22.9. The molecule has 3 aromatic rings. The minimum Gasteiger partial charge on any atom is -0.462 e.